The predicted molar refractivity (Wildman–Crippen MR) is 159 cm³/mol. The molecule has 4 nitrogen and oxygen atoms in total. The summed E-state index contributed by atoms with van der Waals surface area (Å²) in [7, 11) is 0. The number of hydrogen-bond acceptors (Lipinski definition) is 2. The highest BCUT2D eigenvalue weighted by molar-refractivity contribution is 6.04. The molecule has 4 heteroatoms. The van der Waals surface area contributed by atoms with Crippen LogP contribution < -0.4 is 10.6 Å². The largest absolute Gasteiger partial charge is 0.322 e. The van der Waals surface area contributed by atoms with Crippen LogP contribution in [-0.4, -0.2) is 11.8 Å². The molecule has 0 radical (unpaired) electrons. The first-order chi connectivity index (χ1) is 19.0. The van der Waals surface area contributed by atoms with Crippen LogP contribution in [0.4, 0.5) is 11.4 Å². The Morgan fingerprint density at radius 3 is 1.21 bits per heavy atom. The summed E-state index contributed by atoms with van der Waals surface area (Å²) in [5, 5.41) is 5.97. The topological polar surface area (TPSA) is 58.2 Å². The fourth-order valence-electron chi connectivity index (χ4n) is 4.56. The molecule has 0 saturated heterocycles. The number of benzene rings is 5. The predicted octanol–water partition coefficient (Wildman–Crippen LogP) is 7.99. The Bertz CT molecular complexity index is 1450. The van der Waals surface area contributed by atoms with Gasteiger partial charge in [-0.25, -0.2) is 0 Å². The van der Waals surface area contributed by atoms with E-state index < -0.39 is 0 Å². The van der Waals surface area contributed by atoms with Gasteiger partial charge in [0.1, 0.15) is 0 Å². The third-order valence-corrected chi connectivity index (χ3v) is 6.76. The average Bonchev–Trinajstić information content (AvgIpc) is 2.96. The Labute approximate surface area is 229 Å². The van der Waals surface area contributed by atoms with Crippen molar-refractivity contribution in [1.29, 1.82) is 0 Å². The van der Waals surface area contributed by atoms with Crippen LogP contribution in [0.3, 0.4) is 0 Å². The van der Waals surface area contributed by atoms with Gasteiger partial charge in [-0.3, -0.25) is 9.59 Å². The number of anilines is 2. The minimum atomic E-state index is -0.134. The number of carbonyl (C=O) groups excluding carboxylic acids is 2. The van der Waals surface area contributed by atoms with Gasteiger partial charge in [-0.15, -0.1) is 0 Å². The number of rotatable bonds is 7. The maximum atomic E-state index is 12.7. The zero-order valence-electron chi connectivity index (χ0n) is 22.0. The summed E-state index contributed by atoms with van der Waals surface area (Å²) in [5.74, 6) is -0.272. The van der Waals surface area contributed by atoms with Gasteiger partial charge in [0.2, 0.25) is 0 Å². The average molecular weight is 511 g/mol. The number of amides is 2. The molecule has 39 heavy (non-hydrogen) atoms. The van der Waals surface area contributed by atoms with Crippen molar-refractivity contribution in [1.82, 2.24) is 0 Å². The molecule has 0 saturated carbocycles. The smallest absolute Gasteiger partial charge is 0.255 e. The number of carbonyl (C=O) groups is 2. The molecule has 0 bridgehead atoms. The quantitative estimate of drug-likeness (QED) is 0.218. The second kappa shape index (κ2) is 11.6. The van der Waals surface area contributed by atoms with E-state index in [-0.39, 0.29) is 17.7 Å². The summed E-state index contributed by atoms with van der Waals surface area (Å²) in [6, 6.07) is 41.3. The molecular formula is C35H30N2O2. The molecule has 0 aromatic heterocycles. The van der Waals surface area contributed by atoms with Gasteiger partial charge in [0.05, 0.1) is 0 Å². The number of hydrogen-bond donors (Lipinski definition) is 2. The summed E-state index contributed by atoms with van der Waals surface area (Å²) in [6.07, 6.45) is 0. The zero-order chi connectivity index (χ0) is 27.2. The van der Waals surface area contributed by atoms with Gasteiger partial charge in [-0.2, -0.15) is 0 Å². The molecular weight excluding hydrogens is 480 g/mol. The van der Waals surface area contributed by atoms with Crippen LogP contribution in [0.25, 0.3) is 0 Å². The summed E-state index contributed by atoms with van der Waals surface area (Å²) in [6.45, 7) is 4.00. The molecule has 0 atom stereocenters. The summed E-state index contributed by atoms with van der Waals surface area (Å²) in [4.78, 5) is 25.3. The maximum absolute atomic E-state index is 12.7. The molecule has 0 fully saturated rings. The SMILES string of the molecule is Cc1ccc(C(=O)Nc2ccc(C(c3ccccc3)c3ccc(NC(=O)c4ccc(C)cc4)cc3)cc2)cc1. The Morgan fingerprint density at radius 2 is 0.821 bits per heavy atom. The highest BCUT2D eigenvalue weighted by atomic mass is 16.2. The lowest BCUT2D eigenvalue weighted by molar-refractivity contribution is 0.101. The van der Waals surface area contributed by atoms with Crippen LogP contribution in [0.5, 0.6) is 0 Å². The monoisotopic (exact) mass is 510 g/mol. The first-order valence-electron chi connectivity index (χ1n) is 13.0. The van der Waals surface area contributed by atoms with Crippen LogP contribution in [-0.2, 0) is 0 Å². The fraction of sp³-hybridized carbons (Fsp3) is 0.0857. The van der Waals surface area contributed by atoms with Gasteiger partial charge >= 0.3 is 0 Å². The van der Waals surface area contributed by atoms with Crippen molar-refractivity contribution >= 4 is 23.2 Å². The van der Waals surface area contributed by atoms with Crippen molar-refractivity contribution in [2.45, 2.75) is 19.8 Å². The first-order valence-corrected chi connectivity index (χ1v) is 13.0. The van der Waals surface area contributed by atoms with E-state index in [1.54, 1.807) is 0 Å². The van der Waals surface area contributed by atoms with Gasteiger partial charge in [0.25, 0.3) is 11.8 Å². The second-order valence-corrected chi connectivity index (χ2v) is 9.73. The van der Waals surface area contributed by atoms with Gasteiger partial charge in [-0.05, 0) is 79.1 Å². The van der Waals surface area contributed by atoms with Crippen LogP contribution in [0.15, 0.2) is 127 Å². The Kier molecular flexibility index (Phi) is 7.65. The van der Waals surface area contributed by atoms with Crippen LogP contribution in [0.2, 0.25) is 0 Å². The van der Waals surface area contributed by atoms with Crippen LogP contribution >= 0.6 is 0 Å². The van der Waals surface area contributed by atoms with E-state index in [4.69, 9.17) is 0 Å². The molecule has 0 aliphatic rings. The van der Waals surface area contributed by atoms with E-state index in [0.717, 1.165) is 39.2 Å². The maximum Gasteiger partial charge on any atom is 0.255 e. The Morgan fingerprint density at radius 1 is 0.462 bits per heavy atom. The lowest BCUT2D eigenvalue weighted by Crippen LogP contribution is -2.12. The third kappa shape index (κ3) is 6.31. The minimum Gasteiger partial charge on any atom is -0.322 e. The molecule has 2 amide bonds. The van der Waals surface area contributed by atoms with Gasteiger partial charge in [-0.1, -0.05) is 90.0 Å². The van der Waals surface area contributed by atoms with Gasteiger partial charge < -0.3 is 10.6 Å². The van der Waals surface area contributed by atoms with E-state index in [1.165, 1.54) is 0 Å². The van der Waals surface area contributed by atoms with Crippen LogP contribution in [0.1, 0.15) is 54.5 Å². The van der Waals surface area contributed by atoms with Crippen molar-refractivity contribution in [2.75, 3.05) is 10.6 Å². The van der Waals surface area contributed by atoms with Crippen molar-refractivity contribution < 1.29 is 9.59 Å². The number of aryl methyl sites for hydroxylation is 2. The molecule has 0 aliphatic carbocycles. The Balaban J connectivity index is 1.35. The minimum absolute atomic E-state index is 0.00472. The Hall–Kier alpha value is -4.96. The molecule has 0 unspecified atom stereocenters. The molecule has 5 aromatic carbocycles. The van der Waals surface area contributed by atoms with E-state index in [9.17, 15) is 9.59 Å². The van der Waals surface area contributed by atoms with E-state index in [0.29, 0.717) is 11.1 Å². The van der Waals surface area contributed by atoms with E-state index in [2.05, 4.69) is 47.0 Å². The molecule has 0 heterocycles. The highest BCUT2D eigenvalue weighted by Crippen LogP contribution is 2.33. The van der Waals surface area contributed by atoms with E-state index in [1.807, 2.05) is 105 Å². The molecule has 192 valence electrons. The van der Waals surface area contributed by atoms with Gasteiger partial charge in [0, 0.05) is 28.4 Å². The zero-order valence-corrected chi connectivity index (χ0v) is 22.0. The lowest BCUT2D eigenvalue weighted by atomic mass is 9.85. The van der Waals surface area contributed by atoms with Crippen molar-refractivity contribution in [3.8, 4) is 0 Å². The molecule has 5 rings (SSSR count). The first kappa shape index (κ1) is 25.7. The standard InChI is InChI=1S/C35H30N2O2/c1-24-8-12-29(13-9-24)34(38)36-31-20-16-27(17-21-31)33(26-6-4-3-5-7-26)28-18-22-32(23-19-28)37-35(39)30-14-10-25(2)11-15-30/h3-23,33H,1-2H3,(H,36,38)(H,37,39). The van der Waals surface area contributed by atoms with Crippen LogP contribution in [0, 0.1) is 13.8 Å². The number of nitrogens with one attached hydrogen (secondary N) is 2. The molecule has 0 aliphatic heterocycles. The molecule has 2 N–H and O–H groups in total. The van der Waals surface area contributed by atoms with Crippen molar-refractivity contribution in [3.05, 3.63) is 166 Å². The van der Waals surface area contributed by atoms with Gasteiger partial charge in [0.15, 0.2) is 0 Å². The third-order valence-electron chi connectivity index (χ3n) is 6.76. The lowest BCUT2D eigenvalue weighted by Gasteiger charge is -2.20. The van der Waals surface area contributed by atoms with Crippen molar-refractivity contribution in [2.24, 2.45) is 0 Å². The second-order valence-electron chi connectivity index (χ2n) is 9.73. The molecule has 5 aromatic rings. The summed E-state index contributed by atoms with van der Waals surface area (Å²) < 4.78 is 0. The molecule has 0 spiro atoms. The van der Waals surface area contributed by atoms with E-state index >= 15 is 0 Å². The summed E-state index contributed by atoms with van der Waals surface area (Å²) in [5.41, 5.74) is 8.33. The fourth-order valence-corrected chi connectivity index (χ4v) is 4.56. The normalized spacial score (nSPS) is 10.7. The summed E-state index contributed by atoms with van der Waals surface area (Å²) >= 11 is 0. The highest BCUT2D eigenvalue weighted by Gasteiger charge is 2.17. The van der Waals surface area contributed by atoms with Crippen molar-refractivity contribution in [3.63, 3.8) is 0 Å².